The first-order valence-corrected chi connectivity index (χ1v) is 5.02. The maximum atomic E-state index is 11.1. The number of nitrogens with one attached hydrogen (secondary N) is 1. The van der Waals surface area contributed by atoms with Gasteiger partial charge in [-0.2, -0.15) is 4.98 Å². The molecule has 0 atom stereocenters. The Labute approximate surface area is 89.1 Å². The molecule has 0 aliphatic heterocycles. The van der Waals surface area contributed by atoms with Gasteiger partial charge in [0.15, 0.2) is 5.78 Å². The zero-order chi connectivity index (χ0) is 11.3. The number of hydrogen-bond acceptors (Lipinski definition) is 5. The number of hydrogen-bond donors (Lipinski definition) is 2. The van der Waals surface area contributed by atoms with Crippen molar-refractivity contribution < 1.29 is 4.79 Å². The topological polar surface area (TPSA) is 80.9 Å². The Morgan fingerprint density at radius 2 is 2.33 bits per heavy atom. The smallest absolute Gasteiger partial charge is 0.224 e. The zero-order valence-corrected chi connectivity index (χ0v) is 9.08. The summed E-state index contributed by atoms with van der Waals surface area (Å²) in [5.74, 6) is 0.593. The van der Waals surface area contributed by atoms with Crippen LogP contribution in [-0.4, -0.2) is 22.3 Å². The molecular formula is C10H16N4O. The number of ketones is 1. The van der Waals surface area contributed by atoms with Gasteiger partial charge in [0.2, 0.25) is 5.95 Å². The molecule has 0 radical (unpaired) electrons. The third kappa shape index (κ3) is 3.19. The van der Waals surface area contributed by atoms with E-state index in [0.717, 1.165) is 19.4 Å². The summed E-state index contributed by atoms with van der Waals surface area (Å²) < 4.78 is 0. The standard InChI is InChI=1S/C10H16N4O/c1-3-4-5-12-10-13-6-8(7(2)15)9(11)14-10/h6H,3-5H2,1-2H3,(H3,11,12,13,14). The molecule has 82 valence electrons. The number of carbonyl (C=O) groups is 1. The van der Waals surface area contributed by atoms with Crippen LogP contribution in [0.25, 0.3) is 0 Å². The molecule has 0 spiro atoms. The molecule has 0 aliphatic carbocycles. The van der Waals surface area contributed by atoms with Crippen molar-refractivity contribution in [2.45, 2.75) is 26.7 Å². The van der Waals surface area contributed by atoms with E-state index in [9.17, 15) is 4.79 Å². The summed E-state index contributed by atoms with van der Waals surface area (Å²) in [5, 5.41) is 3.04. The molecule has 1 aromatic heterocycles. The second kappa shape index (κ2) is 5.29. The van der Waals surface area contributed by atoms with E-state index in [0.29, 0.717) is 11.5 Å². The molecule has 1 aromatic rings. The lowest BCUT2D eigenvalue weighted by Crippen LogP contribution is -2.09. The summed E-state index contributed by atoms with van der Waals surface area (Å²) >= 11 is 0. The van der Waals surface area contributed by atoms with Crippen LogP contribution in [0.3, 0.4) is 0 Å². The van der Waals surface area contributed by atoms with Crippen LogP contribution < -0.4 is 11.1 Å². The number of nitrogen functional groups attached to an aromatic ring is 1. The molecule has 0 unspecified atom stereocenters. The second-order valence-electron chi connectivity index (χ2n) is 3.33. The lowest BCUT2D eigenvalue weighted by Gasteiger charge is -2.05. The Morgan fingerprint density at radius 1 is 1.60 bits per heavy atom. The molecule has 0 fully saturated rings. The average molecular weight is 208 g/mol. The lowest BCUT2D eigenvalue weighted by molar-refractivity contribution is 0.101. The van der Waals surface area contributed by atoms with E-state index >= 15 is 0 Å². The van der Waals surface area contributed by atoms with Crippen LogP contribution >= 0.6 is 0 Å². The SMILES string of the molecule is CCCCNc1ncc(C(C)=O)c(N)n1. The molecule has 3 N–H and O–H groups in total. The molecule has 0 bridgehead atoms. The molecule has 0 aromatic carbocycles. The van der Waals surface area contributed by atoms with Crippen molar-refractivity contribution in [2.75, 3.05) is 17.6 Å². The minimum Gasteiger partial charge on any atom is -0.383 e. The van der Waals surface area contributed by atoms with Gasteiger partial charge in [0, 0.05) is 12.7 Å². The van der Waals surface area contributed by atoms with Crippen molar-refractivity contribution >= 4 is 17.5 Å². The Kier molecular flexibility index (Phi) is 4.03. The largest absolute Gasteiger partial charge is 0.383 e. The maximum Gasteiger partial charge on any atom is 0.224 e. The second-order valence-corrected chi connectivity index (χ2v) is 3.33. The number of nitrogens with zero attached hydrogens (tertiary/aromatic N) is 2. The van der Waals surface area contributed by atoms with Crippen LogP contribution in [0.4, 0.5) is 11.8 Å². The number of rotatable bonds is 5. The Morgan fingerprint density at radius 3 is 2.87 bits per heavy atom. The van der Waals surface area contributed by atoms with Gasteiger partial charge < -0.3 is 11.1 Å². The van der Waals surface area contributed by atoms with Gasteiger partial charge in [-0.1, -0.05) is 13.3 Å². The fraction of sp³-hybridized carbons (Fsp3) is 0.500. The van der Waals surface area contributed by atoms with E-state index in [1.165, 1.54) is 13.1 Å². The Balaban J connectivity index is 2.69. The van der Waals surface area contributed by atoms with Gasteiger partial charge in [-0.3, -0.25) is 4.79 Å². The third-order valence-corrected chi connectivity index (χ3v) is 2.01. The molecule has 1 rings (SSSR count). The maximum absolute atomic E-state index is 11.1. The molecular weight excluding hydrogens is 192 g/mol. The summed E-state index contributed by atoms with van der Waals surface area (Å²) in [6, 6.07) is 0. The average Bonchev–Trinajstić information content (AvgIpc) is 2.17. The fourth-order valence-corrected chi connectivity index (χ4v) is 1.13. The molecule has 15 heavy (non-hydrogen) atoms. The van der Waals surface area contributed by atoms with Gasteiger partial charge >= 0.3 is 0 Å². The van der Waals surface area contributed by atoms with Gasteiger partial charge in [0.25, 0.3) is 0 Å². The van der Waals surface area contributed by atoms with E-state index in [1.807, 2.05) is 0 Å². The molecule has 5 nitrogen and oxygen atoms in total. The molecule has 0 saturated carbocycles. The van der Waals surface area contributed by atoms with Gasteiger partial charge in [0.05, 0.1) is 5.56 Å². The summed E-state index contributed by atoms with van der Waals surface area (Å²) in [6.07, 6.45) is 3.62. The highest BCUT2D eigenvalue weighted by Gasteiger charge is 2.07. The van der Waals surface area contributed by atoms with E-state index in [-0.39, 0.29) is 11.6 Å². The molecule has 0 amide bonds. The highest BCUT2D eigenvalue weighted by Crippen LogP contribution is 2.10. The number of Topliss-reactive ketones (excluding diaryl/α,β-unsaturated/α-hetero) is 1. The first-order valence-electron chi connectivity index (χ1n) is 5.02. The predicted octanol–water partition coefficient (Wildman–Crippen LogP) is 1.47. The van der Waals surface area contributed by atoms with Gasteiger partial charge in [-0.05, 0) is 13.3 Å². The predicted molar refractivity (Wildman–Crippen MR) is 59.8 cm³/mol. The quantitative estimate of drug-likeness (QED) is 0.565. The van der Waals surface area contributed by atoms with Crippen LogP contribution in [0.2, 0.25) is 0 Å². The summed E-state index contributed by atoms with van der Waals surface area (Å²) in [6.45, 7) is 4.37. The normalized spacial score (nSPS) is 10.0. The third-order valence-electron chi connectivity index (χ3n) is 2.01. The van der Waals surface area contributed by atoms with Crippen LogP contribution in [0.1, 0.15) is 37.0 Å². The zero-order valence-electron chi connectivity index (χ0n) is 9.08. The van der Waals surface area contributed by atoms with Crippen molar-refractivity contribution in [3.05, 3.63) is 11.8 Å². The van der Waals surface area contributed by atoms with Crippen molar-refractivity contribution in [1.29, 1.82) is 0 Å². The number of unbranched alkanes of at least 4 members (excludes halogenated alkanes) is 1. The van der Waals surface area contributed by atoms with Gasteiger partial charge in [-0.25, -0.2) is 4.98 Å². The number of anilines is 2. The number of carbonyl (C=O) groups excluding carboxylic acids is 1. The van der Waals surface area contributed by atoms with Gasteiger partial charge in [-0.15, -0.1) is 0 Å². The van der Waals surface area contributed by atoms with E-state index in [2.05, 4.69) is 22.2 Å². The Bertz CT molecular complexity index is 351. The minimum absolute atomic E-state index is 0.118. The van der Waals surface area contributed by atoms with Crippen LogP contribution in [0.5, 0.6) is 0 Å². The van der Waals surface area contributed by atoms with Crippen molar-refractivity contribution in [3.8, 4) is 0 Å². The number of aromatic nitrogens is 2. The van der Waals surface area contributed by atoms with E-state index < -0.39 is 0 Å². The van der Waals surface area contributed by atoms with Gasteiger partial charge in [0.1, 0.15) is 5.82 Å². The number of nitrogens with two attached hydrogens (primary N) is 1. The Hall–Kier alpha value is -1.65. The van der Waals surface area contributed by atoms with Crippen molar-refractivity contribution in [1.82, 2.24) is 9.97 Å². The highest BCUT2D eigenvalue weighted by atomic mass is 16.1. The minimum atomic E-state index is -0.118. The van der Waals surface area contributed by atoms with Crippen LogP contribution in [0, 0.1) is 0 Å². The summed E-state index contributed by atoms with van der Waals surface area (Å²) in [4.78, 5) is 19.1. The van der Waals surface area contributed by atoms with E-state index in [1.54, 1.807) is 0 Å². The summed E-state index contributed by atoms with van der Waals surface area (Å²) in [5.41, 5.74) is 5.99. The fourth-order valence-electron chi connectivity index (χ4n) is 1.13. The van der Waals surface area contributed by atoms with Crippen LogP contribution in [-0.2, 0) is 0 Å². The first-order chi connectivity index (χ1) is 7.15. The monoisotopic (exact) mass is 208 g/mol. The van der Waals surface area contributed by atoms with Crippen molar-refractivity contribution in [2.24, 2.45) is 0 Å². The molecule has 1 heterocycles. The van der Waals surface area contributed by atoms with Crippen molar-refractivity contribution in [3.63, 3.8) is 0 Å². The van der Waals surface area contributed by atoms with E-state index in [4.69, 9.17) is 5.73 Å². The lowest BCUT2D eigenvalue weighted by atomic mass is 10.2. The highest BCUT2D eigenvalue weighted by molar-refractivity contribution is 5.97. The molecule has 0 saturated heterocycles. The summed E-state index contributed by atoms with van der Waals surface area (Å²) in [7, 11) is 0. The molecule has 5 heteroatoms. The van der Waals surface area contributed by atoms with Crippen LogP contribution in [0.15, 0.2) is 6.20 Å². The first kappa shape index (κ1) is 11.4. The molecule has 0 aliphatic rings.